The zero-order chi connectivity index (χ0) is 19.6. The molecule has 0 aliphatic rings. The maximum absolute atomic E-state index is 13.0. The first kappa shape index (κ1) is 23.2. The zero-order valence-electron chi connectivity index (χ0n) is 13.9. The van der Waals surface area contributed by atoms with Crippen molar-refractivity contribution in [3.63, 3.8) is 0 Å². The Morgan fingerprint density at radius 1 is 1.32 bits per heavy atom. The topological polar surface area (TPSA) is 90.6 Å². The van der Waals surface area contributed by atoms with E-state index < -0.39 is 29.5 Å². The summed E-state index contributed by atoms with van der Waals surface area (Å²) in [5.74, 6) is -0.310. The van der Waals surface area contributed by atoms with Gasteiger partial charge in [0.2, 0.25) is 0 Å². The van der Waals surface area contributed by atoms with Crippen LogP contribution in [0.25, 0.3) is 0 Å². The fraction of sp³-hybridized carbons (Fsp3) is 0.467. The molecule has 0 saturated carbocycles. The van der Waals surface area contributed by atoms with Crippen molar-refractivity contribution in [2.75, 3.05) is 12.5 Å². The van der Waals surface area contributed by atoms with Crippen molar-refractivity contribution >= 4 is 24.0 Å². The number of carbonyl (C=O) groups excluding carboxylic acids is 2. The van der Waals surface area contributed by atoms with E-state index >= 15 is 0 Å². The summed E-state index contributed by atoms with van der Waals surface area (Å²) in [5, 5.41) is 0. The maximum Gasteiger partial charge on any atom is 0.293 e. The maximum atomic E-state index is 13.0. The molecule has 0 spiro atoms. The first-order valence-corrected chi connectivity index (χ1v) is 7.54. The van der Waals surface area contributed by atoms with Gasteiger partial charge in [0.25, 0.3) is 12.4 Å². The van der Waals surface area contributed by atoms with Gasteiger partial charge >= 0.3 is 0 Å². The van der Waals surface area contributed by atoms with Gasteiger partial charge in [-0.2, -0.15) is 0 Å². The summed E-state index contributed by atoms with van der Waals surface area (Å²) in [7, 11) is 0. The number of rotatable bonds is 6. The second-order valence-electron chi connectivity index (χ2n) is 5.57. The summed E-state index contributed by atoms with van der Waals surface area (Å²) in [6.45, 7) is 5.88. The van der Waals surface area contributed by atoms with Gasteiger partial charge in [-0.25, -0.2) is 19.0 Å². The minimum Gasteiger partial charge on any atom is -0.462 e. The van der Waals surface area contributed by atoms with Crippen LogP contribution in [-0.4, -0.2) is 30.5 Å². The van der Waals surface area contributed by atoms with E-state index in [0.29, 0.717) is 18.6 Å². The number of halogens is 4. The molecule has 0 bridgehead atoms. The minimum absolute atomic E-state index is 0.0414. The first-order valence-electron chi connectivity index (χ1n) is 7.01. The summed E-state index contributed by atoms with van der Waals surface area (Å²) in [6, 6.07) is 1.32. The van der Waals surface area contributed by atoms with Crippen LogP contribution in [-0.2, 0) is 19.1 Å². The molecule has 0 aromatic heterocycles. The largest absolute Gasteiger partial charge is 0.462 e. The predicted octanol–water partition coefficient (Wildman–Crippen LogP) is 2.35. The number of benzene rings is 1. The Morgan fingerprint density at radius 2 is 1.84 bits per heavy atom. The normalized spacial score (nSPS) is 11.8. The van der Waals surface area contributed by atoms with Gasteiger partial charge < -0.3 is 9.47 Å². The number of nitrogens with two attached hydrogens (primary N) is 1. The predicted molar refractivity (Wildman–Crippen MR) is 85.0 cm³/mol. The molecule has 0 saturated heterocycles. The lowest BCUT2D eigenvalue weighted by atomic mass is 10.1. The van der Waals surface area contributed by atoms with Gasteiger partial charge in [-0.05, 0) is 38.5 Å². The third kappa shape index (κ3) is 8.71. The van der Waals surface area contributed by atoms with E-state index in [9.17, 15) is 22.8 Å². The highest BCUT2D eigenvalue weighted by molar-refractivity contribution is 6.18. The molecule has 3 N–H and O–H groups in total. The Balaban J connectivity index is 0.000000697. The van der Waals surface area contributed by atoms with Crippen molar-refractivity contribution in [3.8, 4) is 0 Å². The van der Waals surface area contributed by atoms with Crippen molar-refractivity contribution in [2.24, 2.45) is 5.84 Å². The quantitative estimate of drug-likeness (QED) is 0.196. The van der Waals surface area contributed by atoms with Crippen LogP contribution in [0.3, 0.4) is 0 Å². The van der Waals surface area contributed by atoms with E-state index in [1.54, 1.807) is 5.43 Å². The van der Waals surface area contributed by atoms with Gasteiger partial charge in [0.1, 0.15) is 5.60 Å². The third-order valence-corrected chi connectivity index (χ3v) is 2.61. The molecule has 0 fully saturated rings. The standard InChI is InChI=1S/C10H10ClF3N2O2.C5H10O2/c11-1-2-18-9(10(17)16-15)5-3-6(12)8(14)7(13)4-5;1-5(2,3)7-4-6/h3-4,9H,1-2,15H2,(H,16,17);4H,1-3H3. The molecule has 6 nitrogen and oxygen atoms in total. The van der Waals surface area contributed by atoms with Gasteiger partial charge in [-0.3, -0.25) is 15.0 Å². The molecule has 1 atom stereocenters. The van der Waals surface area contributed by atoms with Crippen LogP contribution in [0.15, 0.2) is 12.1 Å². The lowest BCUT2D eigenvalue weighted by Gasteiger charge is -2.16. The molecule has 10 heteroatoms. The molecule has 0 radical (unpaired) electrons. The van der Waals surface area contributed by atoms with Crippen molar-refractivity contribution < 1.29 is 32.2 Å². The van der Waals surface area contributed by atoms with Crippen LogP contribution in [0.2, 0.25) is 0 Å². The van der Waals surface area contributed by atoms with Gasteiger partial charge in [0.15, 0.2) is 23.6 Å². The van der Waals surface area contributed by atoms with Crippen LogP contribution < -0.4 is 11.3 Å². The number of alkyl halides is 1. The van der Waals surface area contributed by atoms with Crippen LogP contribution in [0, 0.1) is 17.5 Å². The van der Waals surface area contributed by atoms with E-state index in [2.05, 4.69) is 4.74 Å². The molecule has 1 amide bonds. The second-order valence-corrected chi connectivity index (χ2v) is 5.95. The second kappa shape index (κ2) is 10.9. The van der Waals surface area contributed by atoms with E-state index in [4.69, 9.17) is 22.2 Å². The average Bonchev–Trinajstić information content (AvgIpc) is 2.52. The summed E-state index contributed by atoms with van der Waals surface area (Å²) in [5.41, 5.74) is 1.27. The Kier molecular flexibility index (Phi) is 10.1. The number of nitrogens with one attached hydrogen (secondary N) is 1. The molecule has 1 unspecified atom stereocenters. The molecule has 1 aromatic carbocycles. The van der Waals surface area contributed by atoms with Crippen molar-refractivity contribution in [1.29, 1.82) is 0 Å². The van der Waals surface area contributed by atoms with Gasteiger partial charge in [-0.15, -0.1) is 11.6 Å². The smallest absolute Gasteiger partial charge is 0.293 e. The lowest BCUT2D eigenvalue weighted by molar-refractivity contribution is -0.138. The van der Waals surface area contributed by atoms with Crippen LogP contribution >= 0.6 is 11.6 Å². The Morgan fingerprint density at radius 3 is 2.16 bits per heavy atom. The zero-order valence-corrected chi connectivity index (χ0v) is 14.7. The number of amides is 1. The van der Waals surface area contributed by atoms with Crippen LogP contribution in [0.5, 0.6) is 0 Å². The monoisotopic (exact) mass is 384 g/mol. The molecule has 0 heterocycles. The minimum atomic E-state index is -1.62. The molecule has 1 rings (SSSR count). The third-order valence-electron chi connectivity index (χ3n) is 2.45. The Hall–Kier alpha value is -1.84. The number of hydrogen-bond donors (Lipinski definition) is 2. The van der Waals surface area contributed by atoms with Crippen molar-refractivity contribution in [1.82, 2.24) is 5.43 Å². The molecular formula is C15H20ClF3N2O4. The lowest BCUT2D eigenvalue weighted by Crippen LogP contribution is -2.36. The summed E-state index contributed by atoms with van der Waals surface area (Å²) in [6.07, 6.45) is -1.36. The Labute approximate surface area is 148 Å². The fourth-order valence-electron chi connectivity index (χ4n) is 1.43. The average molecular weight is 385 g/mol. The van der Waals surface area contributed by atoms with E-state index in [0.717, 1.165) is 0 Å². The highest BCUT2D eigenvalue weighted by atomic mass is 35.5. The van der Waals surface area contributed by atoms with E-state index in [1.165, 1.54) is 0 Å². The molecule has 142 valence electrons. The molecule has 0 aliphatic carbocycles. The van der Waals surface area contributed by atoms with Crippen LogP contribution in [0.1, 0.15) is 32.4 Å². The molecule has 1 aromatic rings. The summed E-state index contributed by atoms with van der Waals surface area (Å²) < 4.78 is 48.4. The number of ether oxygens (including phenoxy) is 2. The number of carbonyl (C=O) groups is 2. The van der Waals surface area contributed by atoms with Gasteiger partial charge in [-0.1, -0.05) is 0 Å². The highest BCUT2D eigenvalue weighted by Crippen LogP contribution is 2.22. The van der Waals surface area contributed by atoms with Gasteiger partial charge in [0.05, 0.1) is 6.61 Å². The number of hydrogen-bond acceptors (Lipinski definition) is 5. The molecule has 25 heavy (non-hydrogen) atoms. The SMILES string of the molecule is CC(C)(C)OC=O.NNC(=O)C(OCCCl)c1cc(F)c(F)c(F)c1. The van der Waals surface area contributed by atoms with E-state index in [-0.39, 0.29) is 23.7 Å². The Bertz CT molecular complexity index is 559. The van der Waals surface area contributed by atoms with Crippen LogP contribution in [0.4, 0.5) is 13.2 Å². The molecule has 0 aliphatic heterocycles. The van der Waals surface area contributed by atoms with Crippen molar-refractivity contribution in [3.05, 3.63) is 35.1 Å². The molecular weight excluding hydrogens is 365 g/mol. The highest BCUT2D eigenvalue weighted by Gasteiger charge is 2.23. The van der Waals surface area contributed by atoms with E-state index in [1.807, 2.05) is 20.8 Å². The number of hydrazine groups is 1. The summed E-state index contributed by atoms with van der Waals surface area (Å²) >= 11 is 5.37. The first-order chi connectivity index (χ1) is 11.6. The van der Waals surface area contributed by atoms with Crippen molar-refractivity contribution in [2.45, 2.75) is 32.5 Å². The fourth-order valence-corrected chi connectivity index (χ4v) is 1.52. The summed E-state index contributed by atoms with van der Waals surface area (Å²) in [4.78, 5) is 21.0. The van der Waals surface area contributed by atoms with Gasteiger partial charge in [0, 0.05) is 5.88 Å².